The number of likely N-dealkylation sites (tertiary alicyclic amines) is 1. The zero-order chi connectivity index (χ0) is 14.8. The van der Waals surface area contributed by atoms with Gasteiger partial charge >= 0.3 is 0 Å². The molecule has 0 saturated carbocycles. The fraction of sp³-hybridized carbons (Fsp3) is 0.467. The molecular formula is C15H20ClN4S+. The Balaban J connectivity index is 1.96. The van der Waals surface area contributed by atoms with Crippen LogP contribution in [-0.4, -0.2) is 27.9 Å². The molecule has 0 radical (unpaired) electrons. The second-order valence-corrected chi connectivity index (χ2v) is 6.46. The van der Waals surface area contributed by atoms with Gasteiger partial charge in [0.2, 0.25) is 0 Å². The maximum atomic E-state index is 5.97. The molecule has 2 heterocycles. The number of piperidine rings is 1. The molecule has 0 amide bonds. The average molecular weight is 324 g/mol. The minimum Gasteiger partial charge on any atom is -0.326 e. The molecular weight excluding hydrogens is 304 g/mol. The summed E-state index contributed by atoms with van der Waals surface area (Å²) in [4.78, 5) is 1.59. The van der Waals surface area contributed by atoms with Crippen molar-refractivity contribution in [3.63, 3.8) is 0 Å². The predicted molar refractivity (Wildman–Crippen MR) is 86.7 cm³/mol. The molecule has 112 valence electrons. The highest BCUT2D eigenvalue weighted by molar-refractivity contribution is 7.71. The monoisotopic (exact) mass is 323 g/mol. The Morgan fingerprint density at radius 1 is 1.24 bits per heavy atom. The molecule has 0 bridgehead atoms. The SMILES string of the molecule is C[C@@H](c1n[nH]c(=S)n1-c1ccc(Cl)cc1)[NH+]1CCCCC1. The highest BCUT2D eigenvalue weighted by atomic mass is 35.5. The third-order valence-corrected chi connectivity index (χ3v) is 4.80. The third-order valence-electron chi connectivity index (χ3n) is 4.28. The van der Waals surface area contributed by atoms with Crippen LogP contribution in [0.4, 0.5) is 0 Å². The largest absolute Gasteiger partial charge is 0.326 e. The molecule has 1 aromatic carbocycles. The molecule has 0 unspecified atom stereocenters. The first-order chi connectivity index (χ1) is 10.2. The van der Waals surface area contributed by atoms with Crippen molar-refractivity contribution in [1.29, 1.82) is 0 Å². The van der Waals surface area contributed by atoms with Crippen molar-refractivity contribution in [2.45, 2.75) is 32.2 Å². The van der Waals surface area contributed by atoms with Crippen LogP contribution >= 0.6 is 23.8 Å². The minimum absolute atomic E-state index is 0.328. The number of aromatic amines is 1. The van der Waals surface area contributed by atoms with E-state index in [-0.39, 0.29) is 0 Å². The van der Waals surface area contributed by atoms with Gasteiger partial charge < -0.3 is 4.90 Å². The Hall–Kier alpha value is -1.17. The highest BCUT2D eigenvalue weighted by Gasteiger charge is 2.26. The number of nitrogens with one attached hydrogen (secondary N) is 2. The molecule has 1 fully saturated rings. The molecule has 0 aliphatic carbocycles. The molecule has 21 heavy (non-hydrogen) atoms. The lowest BCUT2D eigenvalue weighted by Crippen LogP contribution is -3.12. The highest BCUT2D eigenvalue weighted by Crippen LogP contribution is 2.18. The number of halogens is 1. The van der Waals surface area contributed by atoms with E-state index in [0.717, 1.165) is 16.5 Å². The summed E-state index contributed by atoms with van der Waals surface area (Å²) in [7, 11) is 0. The predicted octanol–water partition coefficient (Wildman–Crippen LogP) is 2.71. The van der Waals surface area contributed by atoms with Gasteiger partial charge in [0.15, 0.2) is 10.6 Å². The van der Waals surface area contributed by atoms with Crippen LogP contribution in [-0.2, 0) is 0 Å². The van der Waals surface area contributed by atoms with Gasteiger partial charge in [0.1, 0.15) is 6.04 Å². The van der Waals surface area contributed by atoms with E-state index in [1.165, 1.54) is 32.4 Å². The molecule has 1 aromatic heterocycles. The van der Waals surface area contributed by atoms with E-state index in [1.807, 2.05) is 28.8 Å². The standard InChI is InChI=1S/C15H19ClN4S/c1-11(19-9-3-2-4-10-19)14-17-18-15(21)20(14)13-7-5-12(16)6-8-13/h5-8,11H,2-4,9-10H2,1H3,(H,18,21)/p+1/t11-/m0/s1. The number of hydrogen-bond acceptors (Lipinski definition) is 2. The van der Waals surface area contributed by atoms with Crippen molar-refractivity contribution < 1.29 is 4.90 Å². The van der Waals surface area contributed by atoms with Crippen LogP contribution in [0.3, 0.4) is 0 Å². The molecule has 0 spiro atoms. The third kappa shape index (κ3) is 3.05. The van der Waals surface area contributed by atoms with Crippen molar-refractivity contribution in [3.05, 3.63) is 39.9 Å². The number of quaternary nitrogens is 1. The van der Waals surface area contributed by atoms with Gasteiger partial charge in [-0.1, -0.05) is 11.6 Å². The Bertz CT molecular complexity index is 655. The summed E-state index contributed by atoms with van der Waals surface area (Å²) in [5.74, 6) is 0.999. The van der Waals surface area contributed by atoms with Crippen molar-refractivity contribution in [2.24, 2.45) is 0 Å². The van der Waals surface area contributed by atoms with Crippen molar-refractivity contribution in [3.8, 4) is 5.69 Å². The Morgan fingerprint density at radius 3 is 2.57 bits per heavy atom. The maximum Gasteiger partial charge on any atom is 0.200 e. The van der Waals surface area contributed by atoms with Gasteiger partial charge in [-0.3, -0.25) is 9.67 Å². The molecule has 1 aliphatic rings. The second kappa shape index (κ2) is 6.30. The maximum absolute atomic E-state index is 5.97. The van der Waals surface area contributed by atoms with Crippen LogP contribution in [0.2, 0.25) is 5.02 Å². The zero-order valence-electron chi connectivity index (χ0n) is 12.1. The van der Waals surface area contributed by atoms with Crippen molar-refractivity contribution in [2.75, 3.05) is 13.1 Å². The van der Waals surface area contributed by atoms with Gasteiger partial charge in [0, 0.05) is 10.7 Å². The van der Waals surface area contributed by atoms with Gasteiger partial charge in [0.25, 0.3) is 0 Å². The second-order valence-electron chi connectivity index (χ2n) is 5.64. The van der Waals surface area contributed by atoms with E-state index in [0.29, 0.717) is 10.8 Å². The Kier molecular flexibility index (Phi) is 4.42. The number of rotatable bonds is 3. The Labute approximate surface area is 134 Å². The van der Waals surface area contributed by atoms with Crippen LogP contribution in [0.15, 0.2) is 24.3 Å². The number of hydrogen-bond donors (Lipinski definition) is 2. The first-order valence-electron chi connectivity index (χ1n) is 7.44. The van der Waals surface area contributed by atoms with Gasteiger partial charge in [-0.2, -0.15) is 5.10 Å². The summed E-state index contributed by atoms with van der Waals surface area (Å²) in [5.41, 5.74) is 1.01. The zero-order valence-corrected chi connectivity index (χ0v) is 13.7. The summed E-state index contributed by atoms with van der Waals surface area (Å²) in [6, 6.07) is 8.06. The van der Waals surface area contributed by atoms with Gasteiger partial charge in [0.05, 0.1) is 13.1 Å². The van der Waals surface area contributed by atoms with Crippen LogP contribution in [0.25, 0.3) is 5.69 Å². The first-order valence-corrected chi connectivity index (χ1v) is 8.23. The smallest absolute Gasteiger partial charge is 0.200 e. The number of aromatic nitrogens is 3. The molecule has 1 aliphatic heterocycles. The average Bonchev–Trinajstić information content (AvgIpc) is 2.90. The van der Waals surface area contributed by atoms with Gasteiger partial charge in [-0.15, -0.1) is 0 Å². The van der Waals surface area contributed by atoms with E-state index in [4.69, 9.17) is 23.8 Å². The molecule has 6 heteroatoms. The van der Waals surface area contributed by atoms with E-state index < -0.39 is 0 Å². The van der Waals surface area contributed by atoms with Crippen LogP contribution in [0.1, 0.15) is 38.1 Å². The van der Waals surface area contributed by atoms with Crippen LogP contribution < -0.4 is 4.90 Å². The quantitative estimate of drug-likeness (QED) is 0.852. The normalized spacial score (nSPS) is 17.8. The Morgan fingerprint density at radius 2 is 1.90 bits per heavy atom. The first kappa shape index (κ1) is 14.8. The lowest BCUT2D eigenvalue weighted by Gasteiger charge is -2.28. The lowest BCUT2D eigenvalue weighted by atomic mass is 10.1. The molecule has 1 atom stereocenters. The lowest BCUT2D eigenvalue weighted by molar-refractivity contribution is -0.935. The topological polar surface area (TPSA) is 38.0 Å². The number of benzene rings is 1. The van der Waals surface area contributed by atoms with Crippen LogP contribution in [0.5, 0.6) is 0 Å². The molecule has 4 nitrogen and oxygen atoms in total. The molecule has 1 saturated heterocycles. The number of H-pyrrole nitrogens is 1. The fourth-order valence-electron chi connectivity index (χ4n) is 3.06. The van der Waals surface area contributed by atoms with E-state index in [1.54, 1.807) is 4.90 Å². The van der Waals surface area contributed by atoms with Crippen molar-refractivity contribution in [1.82, 2.24) is 14.8 Å². The summed E-state index contributed by atoms with van der Waals surface area (Å²) >= 11 is 11.4. The van der Waals surface area contributed by atoms with Gasteiger partial charge in [-0.05, 0) is 62.7 Å². The fourth-order valence-corrected chi connectivity index (χ4v) is 3.43. The molecule has 2 N–H and O–H groups in total. The molecule has 3 rings (SSSR count). The van der Waals surface area contributed by atoms with E-state index >= 15 is 0 Å². The van der Waals surface area contributed by atoms with Gasteiger partial charge in [-0.25, -0.2) is 0 Å². The summed E-state index contributed by atoms with van der Waals surface area (Å²) in [5, 5.41) is 8.15. The summed E-state index contributed by atoms with van der Waals surface area (Å²) in [6.45, 7) is 4.65. The van der Waals surface area contributed by atoms with Crippen LogP contribution in [0, 0.1) is 4.77 Å². The minimum atomic E-state index is 0.328. The summed E-state index contributed by atoms with van der Waals surface area (Å²) in [6.07, 6.45) is 3.94. The van der Waals surface area contributed by atoms with E-state index in [9.17, 15) is 0 Å². The number of nitrogens with zero attached hydrogens (tertiary/aromatic N) is 2. The van der Waals surface area contributed by atoms with E-state index in [2.05, 4.69) is 17.1 Å². The summed E-state index contributed by atoms with van der Waals surface area (Å²) < 4.78 is 2.66. The molecule has 2 aromatic rings. The van der Waals surface area contributed by atoms with Crippen molar-refractivity contribution >= 4 is 23.8 Å².